The van der Waals surface area contributed by atoms with Gasteiger partial charge in [-0.1, -0.05) is 25.4 Å². The van der Waals surface area contributed by atoms with Crippen molar-refractivity contribution in [3.63, 3.8) is 0 Å². The largest absolute Gasteiger partial charge is 0.444 e. The number of hydrogen-bond acceptors (Lipinski definition) is 7. The van der Waals surface area contributed by atoms with Crippen molar-refractivity contribution in [1.29, 1.82) is 0 Å². The Morgan fingerprint density at radius 3 is 2.42 bits per heavy atom. The Balaban J connectivity index is 1.37. The zero-order valence-corrected chi connectivity index (χ0v) is 23.9. The molecule has 0 unspecified atom stereocenters. The highest BCUT2D eigenvalue weighted by atomic mass is 35.5. The second kappa shape index (κ2) is 11.5. The Morgan fingerprint density at radius 2 is 1.73 bits per heavy atom. The maximum atomic E-state index is 12.7. The topological polar surface area (TPSA) is 134 Å². The number of benzene rings is 2. The Hall–Kier alpha value is -4.18. The third-order valence-electron chi connectivity index (χ3n) is 5.97. The summed E-state index contributed by atoms with van der Waals surface area (Å²) in [5.41, 5.74) is 2.92. The first kappa shape index (κ1) is 28.8. The fraction of sp³-hybridized carbons (Fsp3) is 0.345. The minimum atomic E-state index is -0.576. The number of fused-ring (bicyclic) bond motifs is 3. The van der Waals surface area contributed by atoms with E-state index in [9.17, 15) is 14.4 Å². The fourth-order valence-corrected chi connectivity index (χ4v) is 4.14. The van der Waals surface area contributed by atoms with Gasteiger partial charge < -0.3 is 26.0 Å². The van der Waals surface area contributed by atoms with Crippen LogP contribution in [0.1, 0.15) is 50.5 Å². The number of hydrogen-bond donors (Lipinski definition) is 4. The van der Waals surface area contributed by atoms with Crippen LogP contribution < -0.4 is 21.3 Å². The van der Waals surface area contributed by atoms with Crippen LogP contribution in [-0.2, 0) is 16.0 Å². The Bertz CT molecular complexity index is 1430. The van der Waals surface area contributed by atoms with Gasteiger partial charge >= 0.3 is 6.09 Å². The fourth-order valence-electron chi connectivity index (χ4n) is 3.97. The van der Waals surface area contributed by atoms with Gasteiger partial charge in [-0.3, -0.25) is 9.59 Å². The lowest BCUT2D eigenvalue weighted by molar-refractivity contribution is -0.115. The van der Waals surface area contributed by atoms with Crippen LogP contribution in [0.25, 0.3) is 11.3 Å². The van der Waals surface area contributed by atoms with E-state index in [0.717, 1.165) is 5.56 Å². The zero-order chi connectivity index (χ0) is 29.1. The molecule has 1 aliphatic heterocycles. The van der Waals surface area contributed by atoms with E-state index in [4.69, 9.17) is 16.3 Å². The normalized spacial score (nSPS) is 12.8. The molecule has 3 aromatic rings. The van der Waals surface area contributed by atoms with Crippen molar-refractivity contribution in [1.82, 2.24) is 20.6 Å². The van der Waals surface area contributed by atoms with E-state index in [-0.39, 0.29) is 23.7 Å². The van der Waals surface area contributed by atoms with Crippen molar-refractivity contribution < 1.29 is 19.1 Å². The molecule has 0 radical (unpaired) electrons. The predicted molar refractivity (Wildman–Crippen MR) is 155 cm³/mol. The van der Waals surface area contributed by atoms with E-state index < -0.39 is 11.7 Å². The van der Waals surface area contributed by atoms with Crippen molar-refractivity contribution in [2.24, 2.45) is 5.41 Å². The molecule has 2 aromatic carbocycles. The summed E-state index contributed by atoms with van der Waals surface area (Å²) >= 11 is 6.12. The highest BCUT2D eigenvalue weighted by molar-refractivity contribution is 6.31. The molecule has 0 spiro atoms. The third-order valence-corrected chi connectivity index (χ3v) is 6.20. The number of carbonyl (C=O) groups excluding carboxylic acids is 3. The molecule has 4 rings (SSSR count). The average molecular weight is 565 g/mol. The Labute approximate surface area is 238 Å². The predicted octanol–water partition coefficient (Wildman–Crippen LogP) is 5.32. The number of carbonyl (C=O) groups is 3. The molecule has 40 heavy (non-hydrogen) atoms. The van der Waals surface area contributed by atoms with Crippen LogP contribution >= 0.6 is 11.6 Å². The number of alkyl carbamates (subject to hydrolysis) is 1. The summed E-state index contributed by atoms with van der Waals surface area (Å²) in [5.74, 6) is -0.0424. The first-order chi connectivity index (χ1) is 18.8. The van der Waals surface area contributed by atoms with Crippen molar-refractivity contribution in [3.05, 3.63) is 64.8 Å². The van der Waals surface area contributed by atoms with Gasteiger partial charge in [0, 0.05) is 46.7 Å². The van der Waals surface area contributed by atoms with Gasteiger partial charge in [-0.15, -0.1) is 0 Å². The number of nitrogens with zero attached hydrogens (tertiary/aromatic N) is 2. The number of ether oxygens (including phenoxy) is 1. The Kier molecular flexibility index (Phi) is 8.29. The summed E-state index contributed by atoms with van der Waals surface area (Å²) in [6.45, 7) is 9.99. The quantitative estimate of drug-likeness (QED) is 0.305. The molecule has 210 valence electrons. The summed E-state index contributed by atoms with van der Waals surface area (Å²) in [6.07, 6.45) is 1.29. The number of halogens is 1. The van der Waals surface area contributed by atoms with E-state index in [1.807, 2.05) is 19.9 Å². The molecule has 0 fully saturated rings. The summed E-state index contributed by atoms with van der Waals surface area (Å²) in [7, 11) is 0. The van der Waals surface area contributed by atoms with Gasteiger partial charge in [0.05, 0.1) is 17.8 Å². The van der Waals surface area contributed by atoms with Gasteiger partial charge in [0.25, 0.3) is 5.91 Å². The minimum Gasteiger partial charge on any atom is -0.444 e. The van der Waals surface area contributed by atoms with Crippen LogP contribution in [-0.4, -0.2) is 46.6 Å². The SMILES string of the molecule is CC(C)(CNC(=O)OC(C)(C)C)CNC(=O)c1ccc(Nc2ncc3c(n2)-c2ccc(Cl)cc2NC(=O)C3)cc1. The molecule has 1 aliphatic rings. The summed E-state index contributed by atoms with van der Waals surface area (Å²) < 4.78 is 5.27. The van der Waals surface area contributed by atoms with Gasteiger partial charge in [-0.05, 0) is 68.7 Å². The lowest BCUT2D eigenvalue weighted by Crippen LogP contribution is -2.43. The van der Waals surface area contributed by atoms with Crippen LogP contribution in [0.3, 0.4) is 0 Å². The second-order valence-electron chi connectivity index (χ2n) is 11.4. The van der Waals surface area contributed by atoms with Crippen molar-refractivity contribution in [2.75, 3.05) is 23.7 Å². The highest BCUT2D eigenvalue weighted by Crippen LogP contribution is 2.34. The zero-order valence-electron chi connectivity index (χ0n) is 23.1. The van der Waals surface area contributed by atoms with Crippen LogP contribution in [0, 0.1) is 5.41 Å². The molecule has 3 amide bonds. The average Bonchev–Trinajstić information content (AvgIpc) is 3.00. The van der Waals surface area contributed by atoms with Gasteiger partial charge in [-0.25, -0.2) is 14.8 Å². The first-order valence-electron chi connectivity index (χ1n) is 12.9. The highest BCUT2D eigenvalue weighted by Gasteiger charge is 2.23. The number of aromatic nitrogens is 2. The smallest absolute Gasteiger partial charge is 0.407 e. The molecule has 4 N–H and O–H groups in total. The van der Waals surface area contributed by atoms with Crippen LogP contribution in [0.2, 0.25) is 5.02 Å². The third kappa shape index (κ3) is 7.69. The van der Waals surface area contributed by atoms with Gasteiger partial charge in [0.1, 0.15) is 5.60 Å². The molecule has 0 bridgehead atoms. The summed E-state index contributed by atoms with van der Waals surface area (Å²) in [5, 5.41) is 12.2. The molecule has 10 nitrogen and oxygen atoms in total. The molecular formula is C29H33ClN6O4. The van der Waals surface area contributed by atoms with Gasteiger partial charge in [0.2, 0.25) is 11.9 Å². The van der Waals surface area contributed by atoms with E-state index in [0.29, 0.717) is 52.3 Å². The minimum absolute atomic E-state index is 0.152. The van der Waals surface area contributed by atoms with Crippen molar-refractivity contribution in [3.8, 4) is 11.3 Å². The maximum Gasteiger partial charge on any atom is 0.407 e. The monoisotopic (exact) mass is 564 g/mol. The number of amides is 3. The van der Waals surface area contributed by atoms with E-state index >= 15 is 0 Å². The van der Waals surface area contributed by atoms with Crippen molar-refractivity contribution >= 4 is 46.8 Å². The molecule has 1 aromatic heterocycles. The van der Waals surface area contributed by atoms with Crippen LogP contribution in [0.4, 0.5) is 22.1 Å². The van der Waals surface area contributed by atoms with Crippen LogP contribution in [0.5, 0.6) is 0 Å². The Morgan fingerprint density at radius 1 is 1.02 bits per heavy atom. The maximum absolute atomic E-state index is 12.7. The molecular weight excluding hydrogens is 532 g/mol. The number of rotatable bonds is 7. The lowest BCUT2D eigenvalue weighted by atomic mass is 9.93. The molecule has 2 heterocycles. The van der Waals surface area contributed by atoms with Crippen molar-refractivity contribution in [2.45, 2.75) is 46.6 Å². The van der Waals surface area contributed by atoms with Gasteiger partial charge in [-0.2, -0.15) is 0 Å². The summed E-state index contributed by atoms with van der Waals surface area (Å²) in [6, 6.07) is 12.2. The molecule has 0 atom stereocenters. The second-order valence-corrected chi connectivity index (χ2v) is 11.8. The summed E-state index contributed by atoms with van der Waals surface area (Å²) in [4.78, 5) is 46.0. The van der Waals surface area contributed by atoms with Gasteiger partial charge in [0.15, 0.2) is 0 Å². The van der Waals surface area contributed by atoms with Crippen LogP contribution in [0.15, 0.2) is 48.7 Å². The lowest BCUT2D eigenvalue weighted by Gasteiger charge is -2.26. The van der Waals surface area contributed by atoms with E-state index in [2.05, 4.69) is 31.2 Å². The number of nitrogens with one attached hydrogen (secondary N) is 4. The molecule has 0 saturated carbocycles. The molecule has 0 saturated heterocycles. The molecule has 11 heteroatoms. The number of anilines is 3. The first-order valence-corrected chi connectivity index (χ1v) is 13.2. The standard InChI is InChI=1S/C29H33ClN6O4/c1-28(2,3)40-27(39)33-16-29(4,5)15-32-25(38)17-6-9-20(10-7-17)34-26-31-14-18-12-23(37)35-22-13-19(30)8-11-21(22)24(18)36-26/h6-11,13-14H,12,15-16H2,1-5H3,(H,32,38)(H,33,39)(H,35,37)(H,31,34,36). The molecule has 0 aliphatic carbocycles. The van der Waals surface area contributed by atoms with E-state index in [1.54, 1.807) is 63.4 Å². The van der Waals surface area contributed by atoms with E-state index in [1.165, 1.54) is 0 Å².